The molecule has 0 saturated carbocycles. The molecule has 0 aliphatic heterocycles. The minimum absolute atomic E-state index is 0.830. The summed E-state index contributed by atoms with van der Waals surface area (Å²) in [4.78, 5) is 11.6. The molecule has 1 atom stereocenters. The number of nitrogens with one attached hydrogen (secondary N) is 2. The van der Waals surface area contributed by atoms with Gasteiger partial charge in [0.05, 0.1) is 0 Å². The smallest absolute Gasteiger partial charge is 0.327 e. The van der Waals surface area contributed by atoms with Crippen molar-refractivity contribution in [3.8, 4) is 0 Å². The molecule has 1 unspecified atom stereocenters. The SMILES string of the molecule is NC(=O)NNS(N)=O. The minimum Gasteiger partial charge on any atom is -0.351 e. The van der Waals surface area contributed by atoms with E-state index in [1.807, 2.05) is 10.3 Å². The Hall–Kier alpha value is -0.660. The molecule has 0 aromatic rings. The van der Waals surface area contributed by atoms with Gasteiger partial charge >= 0.3 is 6.03 Å². The molecule has 0 aliphatic rings. The second kappa shape index (κ2) is 3.36. The van der Waals surface area contributed by atoms with Crippen molar-refractivity contribution >= 4 is 17.2 Å². The van der Waals surface area contributed by atoms with Gasteiger partial charge in [0.15, 0.2) is 11.2 Å². The molecule has 6 nitrogen and oxygen atoms in total. The van der Waals surface area contributed by atoms with E-state index in [2.05, 4.69) is 10.9 Å². The molecule has 48 valence electrons. The highest BCUT2D eigenvalue weighted by Gasteiger charge is 1.88. The molecular formula is CH6N4O2S. The highest BCUT2D eigenvalue weighted by atomic mass is 32.2. The van der Waals surface area contributed by atoms with Crippen molar-refractivity contribution in [1.82, 2.24) is 10.3 Å². The van der Waals surface area contributed by atoms with Crippen LogP contribution in [-0.2, 0) is 11.2 Å². The molecule has 0 aliphatic carbocycles. The van der Waals surface area contributed by atoms with Crippen LogP contribution in [0.25, 0.3) is 0 Å². The normalized spacial score (nSPS) is 12.6. The summed E-state index contributed by atoms with van der Waals surface area (Å²) in [7, 11) is 0. The number of hydrogen-bond acceptors (Lipinski definition) is 2. The number of hydrogen-bond donors (Lipinski definition) is 4. The van der Waals surface area contributed by atoms with Gasteiger partial charge in [-0.1, -0.05) is 0 Å². The van der Waals surface area contributed by atoms with Gasteiger partial charge in [0.25, 0.3) is 0 Å². The predicted octanol–water partition coefficient (Wildman–Crippen LogP) is -2.30. The highest BCUT2D eigenvalue weighted by molar-refractivity contribution is 7.80. The summed E-state index contributed by atoms with van der Waals surface area (Å²) in [6.45, 7) is 0. The quantitative estimate of drug-likeness (QED) is 0.322. The second-order valence-electron chi connectivity index (χ2n) is 0.889. The Kier molecular flexibility index (Phi) is 3.08. The average Bonchev–Trinajstić information content (AvgIpc) is 1.61. The van der Waals surface area contributed by atoms with Gasteiger partial charge in [-0.2, -0.15) is 0 Å². The minimum atomic E-state index is -1.75. The molecule has 0 bridgehead atoms. The van der Waals surface area contributed by atoms with Crippen molar-refractivity contribution < 1.29 is 9.00 Å². The lowest BCUT2D eigenvalue weighted by atomic mass is 11.2. The molecule has 0 aromatic carbocycles. The van der Waals surface area contributed by atoms with Crippen LogP contribution >= 0.6 is 0 Å². The first kappa shape index (κ1) is 7.34. The van der Waals surface area contributed by atoms with Gasteiger partial charge in [0.2, 0.25) is 0 Å². The highest BCUT2D eigenvalue weighted by Crippen LogP contribution is 1.49. The lowest BCUT2D eigenvalue weighted by Crippen LogP contribution is -2.44. The molecule has 6 N–H and O–H groups in total. The number of carbonyl (C=O) groups excluding carboxylic acids is 1. The largest absolute Gasteiger partial charge is 0.351 e. The van der Waals surface area contributed by atoms with Crippen LogP contribution in [0.3, 0.4) is 0 Å². The van der Waals surface area contributed by atoms with E-state index in [9.17, 15) is 9.00 Å². The third-order valence-electron chi connectivity index (χ3n) is 0.275. The first-order valence-electron chi connectivity index (χ1n) is 1.60. The van der Waals surface area contributed by atoms with E-state index < -0.39 is 17.2 Å². The Morgan fingerprint density at radius 3 is 2.25 bits per heavy atom. The second-order valence-corrected chi connectivity index (χ2v) is 1.69. The fourth-order valence-corrected chi connectivity index (χ4v) is 0.302. The third kappa shape index (κ3) is 5.34. The summed E-state index contributed by atoms with van der Waals surface area (Å²) in [5.41, 5.74) is 6.35. The summed E-state index contributed by atoms with van der Waals surface area (Å²) < 4.78 is 9.86. The van der Waals surface area contributed by atoms with Gasteiger partial charge in [-0.25, -0.2) is 14.1 Å². The fourth-order valence-electron chi connectivity index (χ4n) is 0.101. The lowest BCUT2D eigenvalue weighted by Gasteiger charge is -1.96. The Bertz CT molecular complexity index is 98.6. The fraction of sp³-hybridized carbons (Fsp3) is 0. The van der Waals surface area contributed by atoms with Crippen molar-refractivity contribution in [3.05, 3.63) is 0 Å². The van der Waals surface area contributed by atoms with E-state index in [4.69, 9.17) is 0 Å². The molecule has 0 aromatic heterocycles. The van der Waals surface area contributed by atoms with Crippen LogP contribution < -0.4 is 21.1 Å². The monoisotopic (exact) mass is 138 g/mol. The van der Waals surface area contributed by atoms with Crippen LogP contribution in [0.15, 0.2) is 0 Å². The van der Waals surface area contributed by atoms with Crippen LogP contribution in [0.1, 0.15) is 0 Å². The summed E-state index contributed by atoms with van der Waals surface area (Å²) in [6, 6.07) is -0.830. The summed E-state index contributed by atoms with van der Waals surface area (Å²) in [5, 5.41) is 4.63. The number of nitrogens with two attached hydrogens (primary N) is 2. The molecular weight excluding hydrogens is 132 g/mol. The zero-order chi connectivity index (χ0) is 6.57. The maximum Gasteiger partial charge on any atom is 0.327 e. The van der Waals surface area contributed by atoms with Gasteiger partial charge in [-0.3, -0.25) is 5.43 Å². The molecule has 0 heterocycles. The van der Waals surface area contributed by atoms with Gasteiger partial charge in [-0.15, -0.1) is 4.83 Å². The first-order valence-corrected chi connectivity index (χ1v) is 2.81. The van der Waals surface area contributed by atoms with Gasteiger partial charge < -0.3 is 5.73 Å². The van der Waals surface area contributed by atoms with E-state index >= 15 is 0 Å². The van der Waals surface area contributed by atoms with Crippen LogP contribution in [0.5, 0.6) is 0 Å². The van der Waals surface area contributed by atoms with E-state index in [1.54, 1.807) is 0 Å². The molecule has 0 rings (SSSR count). The molecule has 0 fully saturated rings. The first-order chi connectivity index (χ1) is 3.63. The Morgan fingerprint density at radius 1 is 1.62 bits per heavy atom. The summed E-state index contributed by atoms with van der Waals surface area (Å²) in [6.07, 6.45) is 0. The van der Waals surface area contributed by atoms with Crippen LogP contribution in [0, 0.1) is 0 Å². The maximum absolute atomic E-state index is 9.86. The van der Waals surface area contributed by atoms with Gasteiger partial charge in [-0.05, 0) is 0 Å². The van der Waals surface area contributed by atoms with E-state index in [-0.39, 0.29) is 0 Å². The molecule has 2 amide bonds. The van der Waals surface area contributed by atoms with Crippen molar-refractivity contribution in [2.75, 3.05) is 0 Å². The lowest BCUT2D eigenvalue weighted by molar-refractivity contribution is 0.247. The topological polar surface area (TPSA) is 110 Å². The van der Waals surface area contributed by atoms with Crippen LogP contribution in [0.2, 0.25) is 0 Å². The van der Waals surface area contributed by atoms with Gasteiger partial charge in [0.1, 0.15) is 0 Å². The number of carbonyl (C=O) groups is 1. The molecule has 0 spiro atoms. The average molecular weight is 138 g/mol. The maximum atomic E-state index is 9.86. The van der Waals surface area contributed by atoms with Gasteiger partial charge in [0, 0.05) is 0 Å². The molecule has 0 saturated heterocycles. The number of urea groups is 1. The standard InChI is InChI=1S/CH6N4O2S/c2-1(6)4-5-8(3)7/h5H,3H2,(H3,2,4,6). The zero-order valence-corrected chi connectivity index (χ0v) is 4.70. The van der Waals surface area contributed by atoms with E-state index in [1.165, 1.54) is 0 Å². The van der Waals surface area contributed by atoms with Crippen molar-refractivity contribution in [2.24, 2.45) is 10.9 Å². The van der Waals surface area contributed by atoms with Crippen molar-refractivity contribution in [2.45, 2.75) is 0 Å². The number of hydrazine groups is 1. The number of amides is 2. The summed E-state index contributed by atoms with van der Waals surface area (Å²) in [5.74, 6) is 0. The Balaban J connectivity index is 3.18. The van der Waals surface area contributed by atoms with E-state index in [0.717, 1.165) is 0 Å². The number of primary amides is 1. The van der Waals surface area contributed by atoms with Crippen molar-refractivity contribution in [3.63, 3.8) is 0 Å². The summed E-state index contributed by atoms with van der Waals surface area (Å²) >= 11 is -1.75. The van der Waals surface area contributed by atoms with Crippen LogP contribution in [0.4, 0.5) is 4.79 Å². The number of rotatable bonds is 2. The molecule has 8 heavy (non-hydrogen) atoms. The molecule has 0 radical (unpaired) electrons. The van der Waals surface area contributed by atoms with Crippen molar-refractivity contribution in [1.29, 1.82) is 0 Å². The third-order valence-corrected chi connectivity index (χ3v) is 0.578. The van der Waals surface area contributed by atoms with E-state index in [0.29, 0.717) is 0 Å². The van der Waals surface area contributed by atoms with Crippen LogP contribution in [-0.4, -0.2) is 10.2 Å². The molecule has 7 heteroatoms. The Morgan fingerprint density at radius 2 is 2.12 bits per heavy atom. The predicted molar refractivity (Wildman–Crippen MR) is 28.2 cm³/mol. The zero-order valence-electron chi connectivity index (χ0n) is 3.88. The Labute approximate surface area is 48.3 Å².